The van der Waals surface area contributed by atoms with Crippen LogP contribution in [0.5, 0.6) is 5.75 Å². The van der Waals surface area contributed by atoms with E-state index >= 15 is 0 Å². The third-order valence-corrected chi connectivity index (χ3v) is 7.33. The minimum absolute atomic E-state index is 0.0533. The molecule has 4 aromatic rings. The van der Waals surface area contributed by atoms with Crippen LogP contribution in [0, 0.1) is 11.6 Å². The van der Waals surface area contributed by atoms with Gasteiger partial charge in [0.25, 0.3) is 5.91 Å². The van der Waals surface area contributed by atoms with Gasteiger partial charge in [-0.2, -0.15) is 0 Å². The normalized spacial score (nSPS) is 12.9. The number of aromatic nitrogens is 1. The number of pyridine rings is 1. The number of halogens is 2. The number of carbonyl (C=O) groups is 2. The molecule has 1 N–H and O–H groups in total. The first-order chi connectivity index (χ1) is 19.7. The van der Waals surface area contributed by atoms with Crippen LogP contribution >= 0.6 is 0 Å². The van der Waals surface area contributed by atoms with Gasteiger partial charge < -0.3 is 10.0 Å². The molecule has 1 amide bonds. The van der Waals surface area contributed by atoms with Gasteiger partial charge in [0, 0.05) is 56.2 Å². The van der Waals surface area contributed by atoms with Gasteiger partial charge in [0.15, 0.2) is 0 Å². The predicted octanol–water partition coefficient (Wildman–Crippen LogP) is 6.75. The number of benzene rings is 3. The summed E-state index contributed by atoms with van der Waals surface area (Å²) in [7, 11) is 3.37. The predicted molar refractivity (Wildman–Crippen MR) is 155 cm³/mol. The molecule has 0 bridgehead atoms. The van der Waals surface area contributed by atoms with Crippen molar-refractivity contribution in [3.63, 3.8) is 0 Å². The number of hydrogen-bond acceptors (Lipinski definition) is 4. The molecule has 0 aliphatic heterocycles. The summed E-state index contributed by atoms with van der Waals surface area (Å²) >= 11 is 0. The number of allylic oxidation sites excluding steroid dienone is 2. The summed E-state index contributed by atoms with van der Waals surface area (Å²) in [6.45, 7) is 0. The number of Topliss-reactive ketones (excluding diaryl/α,β-unsaturated/α-hetero) is 1. The zero-order valence-electron chi connectivity index (χ0n) is 22.9. The van der Waals surface area contributed by atoms with Gasteiger partial charge in [-0.15, -0.1) is 0 Å². The zero-order chi connectivity index (χ0) is 29.1. The van der Waals surface area contributed by atoms with E-state index in [0.29, 0.717) is 23.2 Å². The Morgan fingerprint density at radius 2 is 1.73 bits per heavy atom. The minimum atomic E-state index is -0.686. The van der Waals surface area contributed by atoms with Crippen LogP contribution in [0.15, 0.2) is 85.1 Å². The molecule has 0 saturated carbocycles. The Kier molecular flexibility index (Phi) is 8.06. The number of ketones is 1. The maximum Gasteiger partial charge on any atom is 0.253 e. The van der Waals surface area contributed by atoms with Crippen molar-refractivity contribution in [2.75, 3.05) is 14.1 Å². The van der Waals surface area contributed by atoms with Crippen LogP contribution in [-0.2, 0) is 17.6 Å². The van der Waals surface area contributed by atoms with E-state index in [1.165, 1.54) is 17.0 Å². The number of aromatic hydroxyl groups is 1. The molecule has 3 aromatic carbocycles. The van der Waals surface area contributed by atoms with Gasteiger partial charge in [0.2, 0.25) is 0 Å². The van der Waals surface area contributed by atoms with E-state index in [2.05, 4.69) is 4.98 Å². The number of carbonyl (C=O) groups excluding carboxylic acids is 2. The Labute approximate surface area is 237 Å². The fourth-order valence-electron chi connectivity index (χ4n) is 5.46. The lowest BCUT2D eigenvalue weighted by atomic mass is 9.85. The van der Waals surface area contributed by atoms with E-state index in [1.54, 1.807) is 56.7 Å². The van der Waals surface area contributed by atoms with Gasteiger partial charge in [-0.1, -0.05) is 30.3 Å². The second-order valence-electron chi connectivity index (χ2n) is 10.6. The molecule has 0 unspecified atom stereocenters. The molecule has 7 heteroatoms. The van der Waals surface area contributed by atoms with Crippen molar-refractivity contribution >= 4 is 17.3 Å². The molecule has 0 fully saturated rings. The topological polar surface area (TPSA) is 70.5 Å². The Hall–Kier alpha value is -4.65. The van der Waals surface area contributed by atoms with Crippen molar-refractivity contribution in [2.45, 2.75) is 31.6 Å². The molecule has 0 saturated heterocycles. The Morgan fingerprint density at radius 3 is 2.49 bits per heavy atom. The monoisotopic (exact) mass is 552 g/mol. The van der Waals surface area contributed by atoms with Gasteiger partial charge in [-0.05, 0) is 83.1 Å². The van der Waals surface area contributed by atoms with E-state index in [1.807, 2.05) is 24.3 Å². The molecule has 1 aliphatic rings. The molecule has 5 nitrogen and oxygen atoms in total. The van der Waals surface area contributed by atoms with Crippen molar-refractivity contribution < 1.29 is 23.5 Å². The molecule has 0 spiro atoms. The van der Waals surface area contributed by atoms with Gasteiger partial charge in [0.05, 0.1) is 5.69 Å². The van der Waals surface area contributed by atoms with Crippen LogP contribution in [0.2, 0.25) is 0 Å². The van der Waals surface area contributed by atoms with Crippen LogP contribution in [0.4, 0.5) is 8.78 Å². The highest BCUT2D eigenvalue weighted by atomic mass is 19.1. The lowest BCUT2D eigenvalue weighted by molar-refractivity contribution is -0.118. The fourth-order valence-corrected chi connectivity index (χ4v) is 5.46. The van der Waals surface area contributed by atoms with Crippen LogP contribution in [0.3, 0.4) is 0 Å². The van der Waals surface area contributed by atoms with Crippen molar-refractivity contribution in [1.82, 2.24) is 9.88 Å². The number of fused-ring (bicyclic) bond motifs is 1. The minimum Gasteiger partial charge on any atom is -0.508 e. The van der Waals surface area contributed by atoms with E-state index < -0.39 is 17.6 Å². The molecule has 1 aromatic heterocycles. The Morgan fingerprint density at radius 1 is 0.951 bits per heavy atom. The quantitative estimate of drug-likeness (QED) is 0.249. The number of hydrogen-bond donors (Lipinski definition) is 1. The Bertz CT molecular complexity index is 1640. The summed E-state index contributed by atoms with van der Waals surface area (Å²) in [6.07, 6.45) is 4.77. The summed E-state index contributed by atoms with van der Waals surface area (Å²) in [5.74, 6) is -1.91. The molecule has 5 rings (SSSR count). The first-order valence-electron chi connectivity index (χ1n) is 13.4. The zero-order valence-corrected chi connectivity index (χ0v) is 22.9. The number of nitrogens with zero attached hydrogens (tertiary/aromatic N) is 2. The number of rotatable bonds is 9. The molecule has 208 valence electrons. The van der Waals surface area contributed by atoms with Crippen molar-refractivity contribution in [1.29, 1.82) is 0 Å². The highest BCUT2D eigenvalue weighted by molar-refractivity contribution is 5.95. The van der Waals surface area contributed by atoms with Crippen molar-refractivity contribution in [3.05, 3.63) is 125 Å². The van der Waals surface area contributed by atoms with E-state index in [4.69, 9.17) is 0 Å². The fraction of sp³-hybridized carbons (Fsp3) is 0.206. The van der Waals surface area contributed by atoms with E-state index in [-0.39, 0.29) is 36.7 Å². The first-order valence-corrected chi connectivity index (χ1v) is 13.4. The first kappa shape index (κ1) is 27.9. The van der Waals surface area contributed by atoms with Crippen LogP contribution < -0.4 is 0 Å². The second-order valence-corrected chi connectivity index (χ2v) is 10.6. The molecule has 1 heterocycles. The van der Waals surface area contributed by atoms with Crippen LogP contribution in [0.25, 0.3) is 16.7 Å². The Balaban J connectivity index is 1.49. The van der Waals surface area contributed by atoms with Crippen LogP contribution in [0.1, 0.15) is 51.5 Å². The summed E-state index contributed by atoms with van der Waals surface area (Å²) in [5, 5.41) is 9.97. The molecule has 0 radical (unpaired) electrons. The average Bonchev–Trinajstić information content (AvgIpc) is 3.33. The largest absolute Gasteiger partial charge is 0.508 e. The summed E-state index contributed by atoms with van der Waals surface area (Å²) < 4.78 is 28.3. The molecule has 1 aliphatic carbocycles. The number of phenolic OH excluding ortho intramolecular Hbond substituents is 1. The van der Waals surface area contributed by atoms with Gasteiger partial charge >= 0.3 is 0 Å². The summed E-state index contributed by atoms with van der Waals surface area (Å²) in [6, 6.07) is 19.4. The third kappa shape index (κ3) is 6.40. The standard InChI is InChI=1S/C34H30F2N2O3/c1-38(2)34(41)25-6-3-5-23(16-25)31-7-4-12-37-33(31)26(13-21-14-27(35)19-28(36)15-21)18-30(40)17-24-9-8-22-10-11-29(39)20-32(22)24/h3-7,9-12,14-16,19-20,26,39H,8,13,17-18H2,1-2H3/t26-/m1/s1. The lowest BCUT2D eigenvalue weighted by Crippen LogP contribution is -2.21. The number of amides is 1. The van der Waals surface area contributed by atoms with Gasteiger partial charge in [-0.3, -0.25) is 14.6 Å². The van der Waals surface area contributed by atoms with E-state index in [9.17, 15) is 23.5 Å². The van der Waals surface area contributed by atoms with Gasteiger partial charge in [0.1, 0.15) is 23.2 Å². The lowest BCUT2D eigenvalue weighted by Gasteiger charge is -2.20. The SMILES string of the molecule is CN(C)C(=O)c1cccc(-c2cccnc2[C@@H](CC(=O)CC2=CCc3ccc(O)cc32)Cc2cc(F)cc(F)c2)c1. The summed E-state index contributed by atoms with van der Waals surface area (Å²) in [5.41, 5.74) is 5.81. The second kappa shape index (κ2) is 11.8. The molecule has 1 atom stereocenters. The molecular weight excluding hydrogens is 522 g/mol. The summed E-state index contributed by atoms with van der Waals surface area (Å²) in [4.78, 5) is 32.3. The maximum absolute atomic E-state index is 14.1. The van der Waals surface area contributed by atoms with Crippen molar-refractivity contribution in [2.24, 2.45) is 0 Å². The molecule has 41 heavy (non-hydrogen) atoms. The third-order valence-electron chi connectivity index (χ3n) is 7.33. The van der Waals surface area contributed by atoms with E-state index in [0.717, 1.165) is 33.9 Å². The van der Waals surface area contributed by atoms with Gasteiger partial charge in [-0.25, -0.2) is 8.78 Å². The maximum atomic E-state index is 14.1. The average molecular weight is 553 g/mol. The highest BCUT2D eigenvalue weighted by Gasteiger charge is 2.25. The number of phenols is 1. The smallest absolute Gasteiger partial charge is 0.253 e. The molecular formula is C34H30F2N2O3. The van der Waals surface area contributed by atoms with Crippen LogP contribution in [-0.4, -0.2) is 40.8 Å². The van der Waals surface area contributed by atoms with Crippen molar-refractivity contribution in [3.8, 4) is 16.9 Å². The highest BCUT2D eigenvalue weighted by Crippen LogP contribution is 2.36.